The van der Waals surface area contributed by atoms with Gasteiger partial charge in [-0.25, -0.2) is 0 Å². The molecule has 94 valence electrons. The Kier molecular flexibility index (Phi) is 4.56. The van der Waals surface area contributed by atoms with E-state index in [0.717, 1.165) is 0 Å². The number of ether oxygens (including phenoxy) is 1. The lowest BCUT2D eigenvalue weighted by Gasteiger charge is -2.09. The molecule has 0 fully saturated rings. The number of hydrogen-bond donors (Lipinski definition) is 0. The largest absolute Gasteiger partial charge is 0.452 e. The van der Waals surface area contributed by atoms with Crippen molar-refractivity contribution in [2.75, 3.05) is 0 Å². The van der Waals surface area contributed by atoms with Crippen molar-refractivity contribution in [3.8, 4) is 11.5 Å². The lowest BCUT2D eigenvalue weighted by molar-refractivity contribution is 0.479. The van der Waals surface area contributed by atoms with Crippen LogP contribution in [-0.4, -0.2) is 10.2 Å². The molecule has 0 aliphatic rings. The summed E-state index contributed by atoms with van der Waals surface area (Å²) in [5.74, 6) is 0.591. The first kappa shape index (κ1) is 14.2. The third-order valence-electron chi connectivity index (χ3n) is 1.88. The summed E-state index contributed by atoms with van der Waals surface area (Å²) in [5.41, 5.74) is 0. The Morgan fingerprint density at radius 3 is 2.33 bits per heavy atom. The zero-order valence-corrected chi connectivity index (χ0v) is 13.0. The summed E-state index contributed by atoms with van der Waals surface area (Å²) >= 11 is 26.7. The summed E-state index contributed by atoms with van der Waals surface area (Å²) in [4.78, 5) is 0. The van der Waals surface area contributed by atoms with Crippen LogP contribution in [-0.2, 0) is 0 Å². The highest BCUT2D eigenvalue weighted by molar-refractivity contribution is 9.10. The number of aromatic nitrogens is 2. The second kappa shape index (κ2) is 5.80. The summed E-state index contributed by atoms with van der Waals surface area (Å²) in [7, 11) is 0. The van der Waals surface area contributed by atoms with E-state index in [4.69, 9.17) is 51.1 Å². The van der Waals surface area contributed by atoms with Gasteiger partial charge >= 0.3 is 0 Å². The summed E-state index contributed by atoms with van der Waals surface area (Å²) in [6.07, 6.45) is 0. The summed E-state index contributed by atoms with van der Waals surface area (Å²) in [5, 5.41) is 8.26. The van der Waals surface area contributed by atoms with Crippen LogP contribution in [0, 0.1) is 0 Å². The molecule has 0 N–H and O–H groups in total. The average Bonchev–Trinajstić information content (AvgIpc) is 2.30. The van der Waals surface area contributed by atoms with Gasteiger partial charge in [0, 0.05) is 16.6 Å². The van der Waals surface area contributed by atoms with E-state index in [1.807, 2.05) is 0 Å². The van der Waals surface area contributed by atoms with Crippen LogP contribution in [0.2, 0.25) is 20.4 Å². The molecule has 0 saturated carbocycles. The molecule has 18 heavy (non-hydrogen) atoms. The number of rotatable bonds is 2. The fourth-order valence-corrected chi connectivity index (χ4v) is 2.21. The van der Waals surface area contributed by atoms with Crippen LogP contribution in [0.1, 0.15) is 0 Å². The summed E-state index contributed by atoms with van der Waals surface area (Å²) in [6, 6.07) is 4.60. The maximum atomic E-state index is 6.02. The van der Waals surface area contributed by atoms with E-state index in [9.17, 15) is 0 Å². The molecular weight excluding hydrogens is 386 g/mol. The van der Waals surface area contributed by atoms with E-state index in [0.29, 0.717) is 20.3 Å². The van der Waals surface area contributed by atoms with E-state index in [-0.39, 0.29) is 16.1 Å². The zero-order valence-electron chi connectivity index (χ0n) is 8.42. The maximum Gasteiger partial charge on any atom is 0.194 e. The van der Waals surface area contributed by atoms with Crippen molar-refractivity contribution < 1.29 is 4.74 Å². The number of hydrogen-bond acceptors (Lipinski definition) is 3. The topological polar surface area (TPSA) is 35.0 Å². The maximum absolute atomic E-state index is 6.02. The van der Waals surface area contributed by atoms with E-state index < -0.39 is 0 Å². The third kappa shape index (κ3) is 3.19. The van der Waals surface area contributed by atoms with E-state index >= 15 is 0 Å². The Morgan fingerprint density at radius 1 is 0.889 bits per heavy atom. The number of halogens is 5. The predicted octanol–water partition coefficient (Wildman–Crippen LogP) is 5.64. The Balaban J connectivity index is 2.40. The highest BCUT2D eigenvalue weighted by Crippen LogP contribution is 2.38. The first-order valence-electron chi connectivity index (χ1n) is 4.48. The van der Waals surface area contributed by atoms with Gasteiger partial charge in [-0.1, -0.05) is 46.4 Å². The Morgan fingerprint density at radius 2 is 1.61 bits per heavy atom. The predicted molar refractivity (Wildman–Crippen MR) is 76.3 cm³/mol. The number of nitrogens with zero attached hydrogens (tertiary/aromatic N) is 2. The molecular formula is C10H3BrCl4N2O. The molecule has 0 bridgehead atoms. The Bertz CT molecular complexity index is 609. The van der Waals surface area contributed by atoms with Crippen molar-refractivity contribution in [2.24, 2.45) is 0 Å². The second-order valence-electron chi connectivity index (χ2n) is 3.12. The van der Waals surface area contributed by atoms with E-state index in [2.05, 4.69) is 26.1 Å². The van der Waals surface area contributed by atoms with Gasteiger partial charge in [0.25, 0.3) is 0 Å². The first-order chi connectivity index (χ1) is 8.47. The minimum Gasteiger partial charge on any atom is -0.452 e. The van der Waals surface area contributed by atoms with Crippen molar-refractivity contribution in [3.05, 3.63) is 43.0 Å². The van der Waals surface area contributed by atoms with Crippen LogP contribution >= 0.6 is 62.3 Å². The Hall–Kier alpha value is -0.260. The lowest BCUT2D eigenvalue weighted by atomic mass is 10.3. The van der Waals surface area contributed by atoms with Gasteiger partial charge in [-0.05, 0) is 22.0 Å². The smallest absolute Gasteiger partial charge is 0.194 e. The molecule has 0 spiro atoms. The zero-order chi connectivity index (χ0) is 13.3. The first-order valence-corrected chi connectivity index (χ1v) is 6.79. The molecule has 0 unspecified atom stereocenters. The monoisotopic (exact) mass is 386 g/mol. The minimum atomic E-state index is 0.0782. The van der Waals surface area contributed by atoms with Crippen LogP contribution in [0.3, 0.4) is 0 Å². The molecule has 0 amide bonds. The highest BCUT2D eigenvalue weighted by Gasteiger charge is 2.11. The molecule has 1 heterocycles. The van der Waals surface area contributed by atoms with Gasteiger partial charge in [0.2, 0.25) is 0 Å². The molecule has 0 atom stereocenters. The van der Waals surface area contributed by atoms with Gasteiger partial charge in [-0.15, -0.1) is 10.2 Å². The van der Waals surface area contributed by atoms with Crippen LogP contribution in [0.4, 0.5) is 0 Å². The normalized spacial score (nSPS) is 10.5. The second-order valence-corrected chi connectivity index (χ2v) is 5.53. The van der Waals surface area contributed by atoms with Gasteiger partial charge in [0.05, 0.1) is 10.0 Å². The molecule has 1 aromatic heterocycles. The SMILES string of the molecule is Clc1cc(Oc2cc(Cl)c(Br)cc2Cl)c(Cl)nn1. The summed E-state index contributed by atoms with van der Waals surface area (Å²) in [6.45, 7) is 0. The molecule has 8 heteroatoms. The van der Waals surface area contributed by atoms with Crippen LogP contribution in [0.5, 0.6) is 11.5 Å². The van der Waals surface area contributed by atoms with Crippen LogP contribution in [0.25, 0.3) is 0 Å². The molecule has 2 aromatic rings. The molecule has 1 aromatic carbocycles. The van der Waals surface area contributed by atoms with Crippen molar-refractivity contribution in [3.63, 3.8) is 0 Å². The van der Waals surface area contributed by atoms with Gasteiger partial charge in [-0.2, -0.15) is 0 Å². The van der Waals surface area contributed by atoms with Gasteiger partial charge in [0.1, 0.15) is 5.75 Å². The van der Waals surface area contributed by atoms with Crippen molar-refractivity contribution in [1.82, 2.24) is 10.2 Å². The average molecular weight is 389 g/mol. The van der Waals surface area contributed by atoms with Crippen LogP contribution in [0.15, 0.2) is 22.7 Å². The standard InChI is InChI=1S/C10H3BrCl4N2O/c11-4-1-6(13)7(2-5(4)12)18-8-3-9(14)16-17-10(8)15/h1-3H. The fraction of sp³-hybridized carbons (Fsp3) is 0. The lowest BCUT2D eigenvalue weighted by Crippen LogP contribution is -1.91. The van der Waals surface area contributed by atoms with Gasteiger partial charge in [0.15, 0.2) is 16.1 Å². The molecule has 0 aliphatic heterocycles. The van der Waals surface area contributed by atoms with Crippen molar-refractivity contribution in [2.45, 2.75) is 0 Å². The van der Waals surface area contributed by atoms with Crippen LogP contribution < -0.4 is 4.74 Å². The third-order valence-corrected chi connectivity index (χ3v) is 3.82. The quantitative estimate of drug-likeness (QED) is 0.624. The molecule has 0 radical (unpaired) electrons. The van der Waals surface area contributed by atoms with E-state index in [1.165, 1.54) is 6.07 Å². The van der Waals surface area contributed by atoms with Crippen molar-refractivity contribution >= 4 is 62.3 Å². The number of benzene rings is 1. The molecule has 0 saturated heterocycles. The molecule has 2 rings (SSSR count). The summed E-state index contributed by atoms with van der Waals surface area (Å²) < 4.78 is 6.17. The Labute approximate surface area is 131 Å². The fourth-order valence-electron chi connectivity index (χ4n) is 1.11. The van der Waals surface area contributed by atoms with E-state index in [1.54, 1.807) is 12.1 Å². The molecule has 3 nitrogen and oxygen atoms in total. The highest BCUT2D eigenvalue weighted by atomic mass is 79.9. The van der Waals surface area contributed by atoms with Gasteiger partial charge < -0.3 is 4.74 Å². The van der Waals surface area contributed by atoms with Gasteiger partial charge in [-0.3, -0.25) is 0 Å². The molecule has 0 aliphatic carbocycles. The van der Waals surface area contributed by atoms with Crippen molar-refractivity contribution in [1.29, 1.82) is 0 Å². The minimum absolute atomic E-state index is 0.0782.